The lowest BCUT2D eigenvalue weighted by Gasteiger charge is -2.59. The fourth-order valence-corrected chi connectivity index (χ4v) is 16.4. The number of fused-ring (bicyclic) bond motifs is 14. The molecule has 1 unspecified atom stereocenters. The predicted octanol–water partition coefficient (Wildman–Crippen LogP) is 10.0. The first-order valence-electron chi connectivity index (χ1n) is 31.2. The predicted molar refractivity (Wildman–Crippen MR) is 347 cm³/mol. The van der Waals surface area contributed by atoms with E-state index in [1.807, 2.05) is 76.2 Å². The highest BCUT2D eigenvalue weighted by Crippen LogP contribution is 2.62. The van der Waals surface area contributed by atoms with Crippen molar-refractivity contribution >= 4 is 5.78 Å². The molecule has 0 aromatic heterocycles. The second-order valence-corrected chi connectivity index (χ2v) is 24.4. The van der Waals surface area contributed by atoms with Crippen molar-refractivity contribution in [3.8, 4) is 69.0 Å². The van der Waals surface area contributed by atoms with Crippen LogP contribution in [0.2, 0.25) is 0 Å². The molecule has 6 aromatic rings. The molecule has 2 fully saturated rings. The number of ether oxygens (including phenoxy) is 14. The molecule has 20 nitrogen and oxygen atoms in total. The van der Waals surface area contributed by atoms with Crippen LogP contribution < -0.4 is 56.8 Å². The number of piperazine rings is 2. The summed E-state index contributed by atoms with van der Waals surface area (Å²) in [4.78, 5) is 24.5. The summed E-state index contributed by atoms with van der Waals surface area (Å²) in [6, 6.07) is 18.2. The number of aliphatic hydroxyl groups excluding tert-OH is 1. The second-order valence-electron chi connectivity index (χ2n) is 24.4. The molecule has 92 heavy (non-hydrogen) atoms. The zero-order valence-electron chi connectivity index (χ0n) is 56.5. The van der Waals surface area contributed by atoms with Crippen molar-refractivity contribution in [2.45, 2.75) is 108 Å². The fraction of sp³-hybridized carbons (Fsp3) is 0.486. The van der Waals surface area contributed by atoms with Crippen molar-refractivity contribution in [3.05, 3.63) is 139 Å². The van der Waals surface area contributed by atoms with Crippen LogP contribution in [-0.2, 0) is 35.5 Å². The normalized spacial score (nSPS) is 22.8. The highest BCUT2D eigenvalue weighted by atomic mass is 16.5. The van der Waals surface area contributed by atoms with Gasteiger partial charge in [0.2, 0.25) is 0 Å². The minimum Gasteiger partial charge on any atom is -0.496 e. The van der Waals surface area contributed by atoms with Gasteiger partial charge < -0.3 is 71.4 Å². The topological polar surface area (TPSA) is 179 Å². The number of nitrogens with zero attached hydrogens (tertiary/aromatic N) is 4. The number of ketones is 1. The molecule has 2 saturated heterocycles. The smallest absolute Gasteiger partial charge is 0.186 e. The van der Waals surface area contributed by atoms with Gasteiger partial charge in [-0.2, -0.15) is 0 Å². The van der Waals surface area contributed by atoms with Crippen LogP contribution in [0.4, 0.5) is 0 Å². The van der Waals surface area contributed by atoms with Crippen LogP contribution in [0.3, 0.4) is 0 Å². The van der Waals surface area contributed by atoms with E-state index in [2.05, 4.69) is 45.8 Å². The van der Waals surface area contributed by atoms with Gasteiger partial charge in [0.25, 0.3) is 0 Å². The molecule has 0 radical (unpaired) electrons. The Kier molecular flexibility index (Phi) is 19.4. The number of carbonyl (C=O) groups is 1. The van der Waals surface area contributed by atoms with Crippen molar-refractivity contribution in [2.75, 3.05) is 126 Å². The molecule has 0 aliphatic carbocycles. The highest BCUT2D eigenvalue weighted by Gasteiger charge is 2.59. The van der Waals surface area contributed by atoms with Gasteiger partial charge in [-0.25, -0.2) is 0 Å². The van der Waals surface area contributed by atoms with Crippen LogP contribution in [-0.4, -0.2) is 180 Å². The summed E-state index contributed by atoms with van der Waals surface area (Å²) in [6.07, 6.45) is 0.511. The van der Waals surface area contributed by atoms with Crippen molar-refractivity contribution < 1.29 is 76.2 Å². The van der Waals surface area contributed by atoms with E-state index in [0.717, 1.165) is 79.1 Å². The average molecular weight is 1270 g/mol. The molecular weight excluding hydrogens is 1180 g/mol. The summed E-state index contributed by atoms with van der Waals surface area (Å²) in [6.45, 7) is 10.7. The van der Waals surface area contributed by atoms with Gasteiger partial charge in [0.15, 0.2) is 51.8 Å². The van der Waals surface area contributed by atoms with Crippen molar-refractivity contribution in [1.82, 2.24) is 19.6 Å². The number of methoxy groups -OCH3 is 12. The monoisotopic (exact) mass is 1270 g/mol. The first kappa shape index (κ1) is 65.8. The van der Waals surface area contributed by atoms with E-state index in [-0.39, 0.29) is 42.0 Å². The molecule has 12 rings (SSSR count). The Balaban J connectivity index is 0.000000188. The summed E-state index contributed by atoms with van der Waals surface area (Å²) >= 11 is 0. The second kappa shape index (κ2) is 27.1. The number of hydrogen-bond acceptors (Lipinski definition) is 20. The van der Waals surface area contributed by atoms with Gasteiger partial charge in [-0.3, -0.25) is 24.4 Å². The van der Waals surface area contributed by atoms with E-state index < -0.39 is 18.2 Å². The van der Waals surface area contributed by atoms with Gasteiger partial charge >= 0.3 is 0 Å². The van der Waals surface area contributed by atoms with Gasteiger partial charge in [0.05, 0.1) is 154 Å². The summed E-state index contributed by atoms with van der Waals surface area (Å²) in [5.41, 5.74) is 12.2. The number of Topliss-reactive ketones (excluding diaryl/α,β-unsaturated/α-hetero) is 1. The van der Waals surface area contributed by atoms with Crippen LogP contribution in [0.15, 0.2) is 60.7 Å². The molecular formula is C72H90N4O16. The Bertz CT molecular complexity index is 3720. The molecule has 1 N–H and O–H groups in total. The molecule has 6 aliphatic rings. The standard InChI is InChI=1S/C36H46N2O8.C36H44N2O8/c2*1-19-31(40-4)23-15-22-16-38-24(18-46-17-21-13-11-10-12-14-21)26-27(32(41-5)20(2)34(43-7)36(26)45-9)30(39)29(38)28(37(22)3)25(23)35(44-8)33(19)42-6/h10-14,22,24,28-30,39H,15-18H2,1-9H3;10-14,22,24,28-29H,15-18H2,1-9H3/t22-,24-,28+,29-,30?;22-,24-,28+,29-/m00/s1. The highest BCUT2D eigenvalue weighted by molar-refractivity contribution is 6.07. The largest absolute Gasteiger partial charge is 0.496 e. The van der Waals surface area contributed by atoms with Gasteiger partial charge in [0, 0.05) is 86.4 Å². The zero-order chi connectivity index (χ0) is 65.7. The Labute approximate surface area is 540 Å². The van der Waals surface area contributed by atoms with E-state index >= 15 is 4.79 Å². The van der Waals surface area contributed by atoms with Gasteiger partial charge in [0.1, 0.15) is 29.1 Å². The first-order valence-corrected chi connectivity index (χ1v) is 31.2. The van der Waals surface area contributed by atoms with E-state index in [1.54, 1.807) is 85.3 Å². The lowest BCUT2D eigenvalue weighted by molar-refractivity contribution is -0.115. The number of aliphatic hydroxyl groups is 1. The van der Waals surface area contributed by atoms with Crippen LogP contribution in [0.25, 0.3) is 0 Å². The average Bonchev–Trinajstić information content (AvgIpc) is 0.705. The minimum absolute atomic E-state index is 0.0566. The van der Waals surface area contributed by atoms with E-state index in [0.29, 0.717) is 120 Å². The van der Waals surface area contributed by atoms with Gasteiger partial charge in [-0.1, -0.05) is 60.7 Å². The van der Waals surface area contributed by atoms with Crippen molar-refractivity contribution in [1.29, 1.82) is 0 Å². The molecule has 20 heteroatoms. The molecule has 0 spiro atoms. The number of benzene rings is 6. The lowest BCUT2D eigenvalue weighted by Crippen LogP contribution is -2.66. The molecule has 494 valence electrons. The Morgan fingerprint density at radius 2 is 0.761 bits per heavy atom. The number of hydrogen-bond donors (Lipinski definition) is 1. The molecule has 6 heterocycles. The summed E-state index contributed by atoms with van der Waals surface area (Å²) in [5, 5.41) is 12.6. The van der Waals surface area contributed by atoms with Crippen LogP contribution >= 0.6 is 0 Å². The Hall–Kier alpha value is -7.69. The van der Waals surface area contributed by atoms with Crippen molar-refractivity contribution in [2.24, 2.45) is 0 Å². The lowest BCUT2D eigenvalue weighted by atomic mass is 9.72. The van der Waals surface area contributed by atoms with E-state index in [9.17, 15) is 5.11 Å². The maximum Gasteiger partial charge on any atom is 0.186 e. The number of likely N-dealkylation sites (N-methyl/N-ethyl adjacent to an activating group) is 2. The quantitative estimate of drug-likeness (QED) is 0.0762. The van der Waals surface area contributed by atoms with Crippen LogP contribution in [0.5, 0.6) is 69.0 Å². The maximum atomic E-state index is 15.1. The minimum atomic E-state index is -0.948. The molecule has 0 saturated carbocycles. The number of carbonyl (C=O) groups excluding carboxylic acids is 1. The molecule has 6 aliphatic heterocycles. The summed E-state index contributed by atoms with van der Waals surface area (Å²) < 4.78 is 85.0. The maximum absolute atomic E-state index is 15.1. The fourth-order valence-electron chi connectivity index (χ4n) is 16.4. The molecule has 6 aromatic carbocycles. The first-order chi connectivity index (χ1) is 44.5. The van der Waals surface area contributed by atoms with Crippen LogP contribution in [0.1, 0.15) is 113 Å². The molecule has 4 bridgehead atoms. The third kappa shape index (κ3) is 10.4. The Morgan fingerprint density at radius 3 is 1.20 bits per heavy atom. The zero-order valence-corrected chi connectivity index (χ0v) is 56.5. The van der Waals surface area contributed by atoms with Crippen molar-refractivity contribution in [3.63, 3.8) is 0 Å². The molecule has 9 atom stereocenters. The van der Waals surface area contributed by atoms with Gasteiger partial charge in [-0.05, 0) is 65.8 Å². The third-order valence-electron chi connectivity index (χ3n) is 20.3. The van der Waals surface area contributed by atoms with Crippen LogP contribution in [0, 0.1) is 27.7 Å². The summed E-state index contributed by atoms with van der Waals surface area (Å²) in [7, 11) is 23.9. The Morgan fingerprint density at radius 1 is 0.402 bits per heavy atom. The molecule has 0 amide bonds. The van der Waals surface area contributed by atoms with E-state index in [1.165, 1.54) is 0 Å². The van der Waals surface area contributed by atoms with E-state index in [4.69, 9.17) is 66.3 Å². The SMILES string of the molecule is COc1c(C)c(OC)c(OC)c2c1C[C@H]1CN3[C@H](C(=O)c4c(OC)c(C)c(OC)c(OC)c4[C@@H]3COCc3ccccc3)[C@@H]2N1C.COc1c(C)c(OC)c(OC)c2c1C[C@H]1CN3[C@H](C(O)c4c(OC)c(C)c(OC)c(OC)c4[C@@H]3COCc3ccccc3)[C@@H]2N1C. The summed E-state index contributed by atoms with van der Waals surface area (Å²) in [5.74, 6) is 7.36. The van der Waals surface area contributed by atoms with Gasteiger partial charge in [-0.15, -0.1) is 0 Å². The number of rotatable bonds is 20. The third-order valence-corrected chi connectivity index (χ3v) is 20.3.